The summed E-state index contributed by atoms with van der Waals surface area (Å²) in [6.45, 7) is 4.00. The molecule has 20 heavy (non-hydrogen) atoms. The third-order valence-electron chi connectivity index (χ3n) is 2.89. The van der Waals surface area contributed by atoms with Gasteiger partial charge in [-0.1, -0.05) is 17.7 Å². The van der Waals surface area contributed by atoms with E-state index in [0.717, 1.165) is 16.0 Å². The Morgan fingerprint density at radius 3 is 2.55 bits per heavy atom. The topological polar surface area (TPSA) is 72.2 Å². The van der Waals surface area contributed by atoms with Gasteiger partial charge < -0.3 is 5.73 Å². The molecule has 0 aliphatic heterocycles. The second-order valence-corrected chi connectivity index (χ2v) is 7.92. The van der Waals surface area contributed by atoms with Gasteiger partial charge in [-0.25, -0.2) is 8.42 Å². The summed E-state index contributed by atoms with van der Waals surface area (Å²) in [7, 11) is -3.61. The molecule has 0 amide bonds. The molecule has 0 saturated carbocycles. The van der Waals surface area contributed by atoms with E-state index in [1.807, 2.05) is 13.8 Å². The molecule has 108 valence electrons. The number of benzene rings is 1. The lowest BCUT2D eigenvalue weighted by Gasteiger charge is -2.09. The van der Waals surface area contributed by atoms with Crippen molar-refractivity contribution in [1.29, 1.82) is 0 Å². The molecule has 1 aromatic carbocycles. The predicted molar refractivity (Wildman–Crippen MR) is 83.9 cm³/mol. The van der Waals surface area contributed by atoms with E-state index in [2.05, 4.69) is 4.72 Å². The smallest absolute Gasteiger partial charge is 0.271 e. The number of anilines is 1. The van der Waals surface area contributed by atoms with Crippen LogP contribution in [0.4, 0.5) is 5.69 Å². The van der Waals surface area contributed by atoms with Crippen molar-refractivity contribution in [2.45, 2.75) is 24.6 Å². The average Bonchev–Trinajstić information content (AvgIpc) is 2.76. The molecule has 0 bridgehead atoms. The fourth-order valence-corrected chi connectivity index (χ4v) is 4.48. The lowest BCUT2D eigenvalue weighted by Crippen LogP contribution is -2.12. The van der Waals surface area contributed by atoms with Crippen molar-refractivity contribution < 1.29 is 8.42 Å². The molecule has 4 nitrogen and oxygen atoms in total. The van der Waals surface area contributed by atoms with E-state index in [1.54, 1.807) is 24.3 Å². The van der Waals surface area contributed by atoms with E-state index in [4.69, 9.17) is 17.3 Å². The van der Waals surface area contributed by atoms with Gasteiger partial charge in [0.2, 0.25) is 0 Å². The Balaban J connectivity index is 2.37. The molecule has 1 aromatic heterocycles. The maximum atomic E-state index is 12.4. The minimum absolute atomic E-state index is 0.259. The third kappa shape index (κ3) is 3.15. The van der Waals surface area contributed by atoms with E-state index < -0.39 is 10.0 Å². The molecule has 0 fully saturated rings. The van der Waals surface area contributed by atoms with Crippen molar-refractivity contribution in [2.75, 3.05) is 4.72 Å². The SMILES string of the molecule is Cc1ccc(Cl)cc1NS(=O)(=O)c1cc(C)c(CN)s1. The van der Waals surface area contributed by atoms with E-state index in [-0.39, 0.29) is 4.21 Å². The third-order valence-corrected chi connectivity index (χ3v) is 6.23. The summed E-state index contributed by atoms with van der Waals surface area (Å²) in [5.74, 6) is 0. The zero-order valence-corrected chi connectivity index (χ0v) is 13.5. The van der Waals surface area contributed by atoms with Crippen molar-refractivity contribution in [3.8, 4) is 0 Å². The first-order valence-electron chi connectivity index (χ1n) is 5.92. The van der Waals surface area contributed by atoms with Gasteiger partial charge in [-0.05, 0) is 43.2 Å². The number of nitrogens with one attached hydrogen (secondary N) is 1. The summed E-state index contributed by atoms with van der Waals surface area (Å²) in [5.41, 5.74) is 7.77. The Kier molecular flexibility index (Phi) is 4.39. The first-order valence-corrected chi connectivity index (χ1v) is 8.59. The van der Waals surface area contributed by atoms with Crippen LogP contribution in [0.5, 0.6) is 0 Å². The molecular formula is C13H15ClN2O2S2. The first-order chi connectivity index (χ1) is 9.33. The summed E-state index contributed by atoms with van der Waals surface area (Å²) in [6, 6.07) is 6.72. The Morgan fingerprint density at radius 1 is 1.25 bits per heavy atom. The summed E-state index contributed by atoms with van der Waals surface area (Å²) < 4.78 is 27.5. The van der Waals surface area contributed by atoms with Crippen molar-refractivity contribution in [1.82, 2.24) is 0 Å². The number of hydrogen-bond donors (Lipinski definition) is 2. The molecule has 0 spiro atoms. The normalized spacial score (nSPS) is 11.6. The molecule has 2 rings (SSSR count). The van der Waals surface area contributed by atoms with Crippen molar-refractivity contribution in [2.24, 2.45) is 5.73 Å². The van der Waals surface area contributed by atoms with Gasteiger partial charge in [0.05, 0.1) is 5.69 Å². The van der Waals surface area contributed by atoms with E-state index in [0.29, 0.717) is 17.3 Å². The molecule has 0 saturated heterocycles. The predicted octanol–water partition coefficient (Wildman–Crippen LogP) is 3.28. The monoisotopic (exact) mass is 330 g/mol. The van der Waals surface area contributed by atoms with Crippen LogP contribution >= 0.6 is 22.9 Å². The first kappa shape index (κ1) is 15.3. The van der Waals surface area contributed by atoms with Gasteiger partial charge in [-0.2, -0.15) is 0 Å². The van der Waals surface area contributed by atoms with E-state index in [9.17, 15) is 8.42 Å². The zero-order chi connectivity index (χ0) is 14.9. The molecule has 7 heteroatoms. The molecule has 1 heterocycles. The number of hydrogen-bond acceptors (Lipinski definition) is 4. The Labute approximate surface area is 127 Å². The van der Waals surface area contributed by atoms with E-state index in [1.165, 1.54) is 11.3 Å². The molecule has 0 atom stereocenters. The van der Waals surface area contributed by atoms with Crippen LogP contribution in [0.1, 0.15) is 16.0 Å². The summed E-state index contributed by atoms with van der Waals surface area (Å²) in [5, 5.41) is 0.485. The number of thiophene rings is 1. The lowest BCUT2D eigenvalue weighted by molar-refractivity contribution is 0.603. The van der Waals surface area contributed by atoms with Gasteiger partial charge >= 0.3 is 0 Å². The average molecular weight is 331 g/mol. The number of halogens is 1. The van der Waals surface area contributed by atoms with Crippen LogP contribution in [0.3, 0.4) is 0 Å². The highest BCUT2D eigenvalue weighted by atomic mass is 35.5. The number of aryl methyl sites for hydroxylation is 2. The van der Waals surface area contributed by atoms with Crippen molar-refractivity contribution in [3.63, 3.8) is 0 Å². The van der Waals surface area contributed by atoms with Crippen LogP contribution < -0.4 is 10.5 Å². The van der Waals surface area contributed by atoms with Gasteiger partial charge in [-0.3, -0.25) is 4.72 Å². The summed E-state index contributed by atoms with van der Waals surface area (Å²) >= 11 is 7.08. The number of nitrogens with two attached hydrogens (primary N) is 1. The molecule has 0 aliphatic carbocycles. The quantitative estimate of drug-likeness (QED) is 0.903. The summed E-state index contributed by atoms with van der Waals surface area (Å²) in [4.78, 5) is 0.869. The van der Waals surface area contributed by atoms with Crippen LogP contribution in [0.15, 0.2) is 28.5 Å². The van der Waals surface area contributed by atoms with Crippen molar-refractivity contribution in [3.05, 3.63) is 45.3 Å². The van der Waals surface area contributed by atoms with Crippen molar-refractivity contribution >= 4 is 38.6 Å². The fourth-order valence-electron chi connectivity index (χ4n) is 1.72. The standard InChI is InChI=1S/C13H15ClN2O2S2/c1-8-3-4-10(14)6-11(8)16-20(17,18)13-5-9(2)12(7-15)19-13/h3-6,16H,7,15H2,1-2H3. The van der Waals surface area contributed by atoms with Crippen LogP contribution in [0.25, 0.3) is 0 Å². The van der Waals surface area contributed by atoms with Gasteiger partial charge in [-0.15, -0.1) is 11.3 Å². The molecule has 0 unspecified atom stereocenters. The molecule has 3 N–H and O–H groups in total. The second kappa shape index (κ2) is 5.73. The van der Waals surface area contributed by atoms with Gasteiger partial charge in [0.1, 0.15) is 4.21 Å². The minimum Gasteiger partial charge on any atom is -0.326 e. The minimum atomic E-state index is -3.61. The zero-order valence-electron chi connectivity index (χ0n) is 11.1. The maximum absolute atomic E-state index is 12.4. The van der Waals surface area contributed by atoms with Gasteiger partial charge in [0.25, 0.3) is 10.0 Å². The lowest BCUT2D eigenvalue weighted by atomic mass is 10.2. The largest absolute Gasteiger partial charge is 0.326 e. The molecular weight excluding hydrogens is 316 g/mol. The highest BCUT2D eigenvalue weighted by Gasteiger charge is 2.19. The fraction of sp³-hybridized carbons (Fsp3) is 0.231. The highest BCUT2D eigenvalue weighted by Crippen LogP contribution is 2.29. The van der Waals surface area contributed by atoms with Gasteiger partial charge in [0, 0.05) is 16.4 Å². The van der Waals surface area contributed by atoms with Gasteiger partial charge in [0.15, 0.2) is 0 Å². The number of sulfonamides is 1. The Morgan fingerprint density at radius 2 is 1.95 bits per heavy atom. The highest BCUT2D eigenvalue weighted by molar-refractivity contribution is 7.94. The Hall–Kier alpha value is -1.08. The molecule has 2 aromatic rings. The van der Waals surface area contributed by atoms with E-state index >= 15 is 0 Å². The van der Waals surface area contributed by atoms with Crippen LogP contribution in [-0.4, -0.2) is 8.42 Å². The number of rotatable bonds is 4. The Bertz CT molecular complexity index is 739. The van der Waals surface area contributed by atoms with Crippen LogP contribution in [0.2, 0.25) is 5.02 Å². The summed E-state index contributed by atoms with van der Waals surface area (Å²) in [6.07, 6.45) is 0. The molecule has 0 aliphatic rings. The maximum Gasteiger partial charge on any atom is 0.271 e. The van der Waals surface area contributed by atoms with Crippen LogP contribution in [-0.2, 0) is 16.6 Å². The second-order valence-electron chi connectivity index (χ2n) is 4.44. The molecule has 0 radical (unpaired) electrons. The van der Waals surface area contributed by atoms with Crippen LogP contribution in [0, 0.1) is 13.8 Å².